The quantitative estimate of drug-likeness (QED) is 0.335. The number of likely N-dealkylation sites (N-methyl/N-ethyl adjacent to an activating group) is 1. The number of rotatable bonds is 6. The molecule has 33 heavy (non-hydrogen) atoms. The summed E-state index contributed by atoms with van der Waals surface area (Å²) in [7, 11) is 3.72. The predicted molar refractivity (Wildman–Crippen MR) is 126 cm³/mol. The Hall–Kier alpha value is -3.36. The van der Waals surface area contributed by atoms with Crippen LogP contribution in [0.25, 0.3) is 16.3 Å². The van der Waals surface area contributed by atoms with Crippen LogP contribution in [0, 0.1) is 12.7 Å². The third kappa shape index (κ3) is 4.44. The number of aliphatic hydroxyl groups is 1. The van der Waals surface area contributed by atoms with Crippen molar-refractivity contribution < 1.29 is 19.1 Å². The largest absolute Gasteiger partial charge is 0.505 e. The maximum absolute atomic E-state index is 14.1. The average molecular weight is 466 g/mol. The molecular formula is C25H24FN3O3S. The molecule has 1 amide bonds. The number of hydrogen-bond donors (Lipinski definition) is 1. The van der Waals surface area contributed by atoms with Gasteiger partial charge in [-0.1, -0.05) is 42.5 Å². The van der Waals surface area contributed by atoms with Crippen molar-refractivity contribution in [3.8, 4) is 10.6 Å². The molecule has 1 N–H and O–H groups in total. The predicted octanol–water partition coefficient (Wildman–Crippen LogP) is 4.24. The number of halogens is 1. The third-order valence-electron chi connectivity index (χ3n) is 5.53. The third-order valence-corrected chi connectivity index (χ3v) is 6.55. The maximum atomic E-state index is 14.1. The Morgan fingerprint density at radius 1 is 1.15 bits per heavy atom. The number of thiazole rings is 1. The Labute approximate surface area is 195 Å². The lowest BCUT2D eigenvalue weighted by Crippen LogP contribution is -2.35. The van der Waals surface area contributed by atoms with Gasteiger partial charge in [-0.05, 0) is 38.7 Å². The first kappa shape index (κ1) is 22.8. The monoisotopic (exact) mass is 465 g/mol. The van der Waals surface area contributed by atoms with Crippen LogP contribution in [-0.2, 0) is 9.59 Å². The van der Waals surface area contributed by atoms with Crippen molar-refractivity contribution in [3.63, 3.8) is 0 Å². The van der Waals surface area contributed by atoms with Gasteiger partial charge in [-0.2, -0.15) is 0 Å². The van der Waals surface area contributed by atoms with Crippen LogP contribution < -0.4 is 0 Å². The van der Waals surface area contributed by atoms with Crippen molar-refractivity contribution in [2.75, 3.05) is 27.2 Å². The number of aromatic nitrogens is 1. The van der Waals surface area contributed by atoms with Crippen LogP contribution in [0.5, 0.6) is 0 Å². The smallest absolute Gasteiger partial charge is 0.295 e. The molecule has 1 saturated heterocycles. The van der Waals surface area contributed by atoms with Gasteiger partial charge in [0.05, 0.1) is 11.6 Å². The molecule has 3 aromatic rings. The molecule has 6 nitrogen and oxygen atoms in total. The minimum absolute atomic E-state index is 0.0719. The molecule has 1 fully saturated rings. The normalized spacial score (nSPS) is 17.8. The van der Waals surface area contributed by atoms with Gasteiger partial charge >= 0.3 is 0 Å². The van der Waals surface area contributed by atoms with Crippen LogP contribution in [0.2, 0.25) is 0 Å². The molecule has 1 aromatic heterocycles. The second kappa shape index (κ2) is 9.25. The van der Waals surface area contributed by atoms with E-state index < -0.39 is 23.5 Å². The van der Waals surface area contributed by atoms with Gasteiger partial charge in [-0.3, -0.25) is 9.59 Å². The number of nitrogens with zero attached hydrogens (tertiary/aromatic N) is 3. The van der Waals surface area contributed by atoms with E-state index in [0.717, 1.165) is 5.56 Å². The minimum Gasteiger partial charge on any atom is -0.505 e. The van der Waals surface area contributed by atoms with Crippen molar-refractivity contribution in [1.29, 1.82) is 0 Å². The van der Waals surface area contributed by atoms with Gasteiger partial charge in [0.2, 0.25) is 0 Å². The molecule has 170 valence electrons. The molecule has 1 aliphatic rings. The lowest BCUT2D eigenvalue weighted by Gasteiger charge is -2.26. The lowest BCUT2D eigenvalue weighted by atomic mass is 9.96. The van der Waals surface area contributed by atoms with E-state index in [1.54, 1.807) is 13.0 Å². The van der Waals surface area contributed by atoms with Crippen molar-refractivity contribution in [3.05, 3.63) is 82.1 Å². The van der Waals surface area contributed by atoms with Crippen molar-refractivity contribution >= 4 is 28.8 Å². The summed E-state index contributed by atoms with van der Waals surface area (Å²) in [5.74, 6) is -2.34. The highest BCUT2D eigenvalue weighted by atomic mass is 32.1. The van der Waals surface area contributed by atoms with Crippen LogP contribution in [0.1, 0.15) is 22.2 Å². The summed E-state index contributed by atoms with van der Waals surface area (Å²) in [4.78, 5) is 34.6. The van der Waals surface area contributed by atoms with Gasteiger partial charge in [0.25, 0.3) is 11.7 Å². The highest BCUT2D eigenvalue weighted by Crippen LogP contribution is 2.41. The van der Waals surface area contributed by atoms with Crippen LogP contribution in [-0.4, -0.2) is 58.8 Å². The standard InChI is InChI=1S/C25H24FN3O3S/c1-15-20(27-24(33-15)16-8-5-4-6-9-16)22(30)19-21(17-10-7-11-18(26)14-17)29(13-12-28(2)3)25(32)23(19)31/h4-11,14,21,30H,12-13H2,1-3H3/t21-/m1/s1. The number of amides is 1. The molecule has 2 aromatic carbocycles. The van der Waals surface area contributed by atoms with Crippen LogP contribution in [0.3, 0.4) is 0 Å². The highest BCUT2D eigenvalue weighted by molar-refractivity contribution is 7.15. The number of hydrogen-bond acceptors (Lipinski definition) is 6. The molecule has 1 aliphatic heterocycles. The van der Waals surface area contributed by atoms with Crippen molar-refractivity contribution in [2.45, 2.75) is 13.0 Å². The van der Waals surface area contributed by atoms with E-state index in [2.05, 4.69) is 4.98 Å². The van der Waals surface area contributed by atoms with E-state index >= 15 is 0 Å². The zero-order chi connectivity index (χ0) is 23.7. The molecule has 2 heterocycles. The van der Waals surface area contributed by atoms with Crippen molar-refractivity contribution in [2.24, 2.45) is 0 Å². The minimum atomic E-state index is -0.901. The van der Waals surface area contributed by atoms with Gasteiger partial charge in [0.1, 0.15) is 16.5 Å². The van der Waals surface area contributed by atoms with Gasteiger partial charge in [-0.15, -0.1) is 11.3 Å². The fourth-order valence-corrected chi connectivity index (χ4v) is 4.81. The number of ketones is 1. The summed E-state index contributed by atoms with van der Waals surface area (Å²) in [6, 6.07) is 14.4. The van der Waals surface area contributed by atoms with Crippen LogP contribution in [0.4, 0.5) is 4.39 Å². The zero-order valence-electron chi connectivity index (χ0n) is 18.6. The van der Waals surface area contributed by atoms with Gasteiger partial charge in [0.15, 0.2) is 5.76 Å². The number of aryl methyl sites for hydroxylation is 1. The second-order valence-electron chi connectivity index (χ2n) is 8.14. The fraction of sp³-hybridized carbons (Fsp3) is 0.240. The molecule has 0 bridgehead atoms. The summed E-state index contributed by atoms with van der Waals surface area (Å²) in [6.07, 6.45) is 0. The summed E-state index contributed by atoms with van der Waals surface area (Å²) in [5, 5.41) is 12.0. The summed E-state index contributed by atoms with van der Waals surface area (Å²) in [5.41, 5.74) is 1.49. The Morgan fingerprint density at radius 3 is 2.55 bits per heavy atom. The van der Waals surface area contributed by atoms with Gasteiger partial charge < -0.3 is 14.9 Å². The number of Topliss-reactive ketones (excluding diaryl/α,β-unsaturated/α-hetero) is 1. The number of carbonyl (C=O) groups excluding carboxylic acids is 2. The second-order valence-corrected chi connectivity index (χ2v) is 9.34. The summed E-state index contributed by atoms with van der Waals surface area (Å²) < 4.78 is 14.1. The summed E-state index contributed by atoms with van der Waals surface area (Å²) >= 11 is 1.39. The Morgan fingerprint density at radius 2 is 1.88 bits per heavy atom. The molecule has 0 unspecified atom stereocenters. The van der Waals surface area contributed by atoms with E-state index in [1.807, 2.05) is 49.3 Å². The molecule has 0 radical (unpaired) electrons. The maximum Gasteiger partial charge on any atom is 0.295 e. The van der Waals surface area contributed by atoms with E-state index in [9.17, 15) is 19.1 Å². The van der Waals surface area contributed by atoms with Crippen LogP contribution in [0.15, 0.2) is 60.2 Å². The first-order valence-electron chi connectivity index (χ1n) is 10.5. The molecule has 8 heteroatoms. The first-order chi connectivity index (χ1) is 15.8. The number of carbonyl (C=O) groups is 2. The van der Waals surface area contributed by atoms with Gasteiger partial charge in [0, 0.05) is 23.5 Å². The molecule has 0 spiro atoms. The molecular weight excluding hydrogens is 441 g/mol. The molecule has 0 aliphatic carbocycles. The van der Waals surface area contributed by atoms with Gasteiger partial charge in [-0.25, -0.2) is 9.37 Å². The first-order valence-corrected chi connectivity index (χ1v) is 11.3. The van der Waals surface area contributed by atoms with Crippen molar-refractivity contribution in [1.82, 2.24) is 14.8 Å². The van der Waals surface area contributed by atoms with E-state index in [-0.39, 0.29) is 23.6 Å². The molecule has 0 saturated carbocycles. The Kier molecular flexibility index (Phi) is 6.40. The fourth-order valence-electron chi connectivity index (χ4n) is 3.89. The Balaban J connectivity index is 1.85. The topological polar surface area (TPSA) is 73.7 Å². The van der Waals surface area contributed by atoms with E-state index in [4.69, 9.17) is 0 Å². The molecule has 1 atom stereocenters. The van der Waals surface area contributed by atoms with E-state index in [1.165, 1.54) is 34.4 Å². The number of aliphatic hydroxyl groups excluding tert-OH is 1. The average Bonchev–Trinajstić information content (AvgIpc) is 3.30. The van der Waals surface area contributed by atoms with E-state index in [0.29, 0.717) is 22.0 Å². The summed E-state index contributed by atoms with van der Waals surface area (Å²) in [6.45, 7) is 2.56. The number of benzene rings is 2. The highest BCUT2D eigenvalue weighted by Gasteiger charge is 2.46. The SMILES string of the molecule is Cc1sc(-c2ccccc2)nc1C(O)=C1C(=O)C(=O)N(CCN(C)C)[C@@H]1c1cccc(F)c1. The zero-order valence-corrected chi connectivity index (χ0v) is 19.4. The Bertz CT molecular complexity index is 1240. The molecule has 4 rings (SSSR count). The lowest BCUT2D eigenvalue weighted by molar-refractivity contribution is -0.140. The number of likely N-dealkylation sites (tertiary alicyclic amines) is 1. The van der Waals surface area contributed by atoms with Crippen LogP contribution >= 0.6 is 11.3 Å².